The van der Waals surface area contributed by atoms with E-state index >= 15 is 0 Å². The topological polar surface area (TPSA) is 92.5 Å². The van der Waals surface area contributed by atoms with Crippen LogP contribution in [0.25, 0.3) is 0 Å². The van der Waals surface area contributed by atoms with Crippen molar-refractivity contribution in [3.05, 3.63) is 24.3 Å². The van der Waals surface area contributed by atoms with Crippen LogP contribution in [0.4, 0.5) is 5.69 Å². The zero-order valence-corrected chi connectivity index (χ0v) is 12.9. The number of amides is 1. The zero-order chi connectivity index (χ0) is 14.3. The van der Waals surface area contributed by atoms with Gasteiger partial charge in [-0.05, 0) is 31.0 Å². The third-order valence-corrected chi connectivity index (χ3v) is 4.92. The molecule has 6 nitrogen and oxygen atoms in total. The predicted molar refractivity (Wildman–Crippen MR) is 79.3 cm³/mol. The molecule has 1 saturated carbocycles. The fourth-order valence-electron chi connectivity index (χ4n) is 1.56. The minimum Gasteiger partial charge on any atom is -0.324 e. The van der Waals surface area contributed by atoms with Crippen LogP contribution in [0.15, 0.2) is 29.2 Å². The summed E-state index contributed by atoms with van der Waals surface area (Å²) in [5.74, 6) is -0.271. The molecule has 1 aliphatic carbocycles. The highest BCUT2D eigenvalue weighted by Crippen LogP contribution is 2.33. The standard InChI is InChI=1S/C12H17N3O3S.ClH/c1-15(2)19(17,18)10-5-3-4-9(8-10)14-11(16)12(13)6-7-12;/h3-5,8H,6-7,13H2,1-2H3,(H,14,16);1H. The Kier molecular flexibility index (Phi) is 4.81. The fourth-order valence-corrected chi connectivity index (χ4v) is 2.51. The van der Waals surface area contributed by atoms with E-state index < -0.39 is 15.6 Å². The van der Waals surface area contributed by atoms with Crippen LogP contribution in [0.5, 0.6) is 0 Å². The molecule has 20 heavy (non-hydrogen) atoms. The number of halogens is 1. The minimum atomic E-state index is -3.50. The van der Waals surface area contributed by atoms with E-state index in [1.54, 1.807) is 12.1 Å². The molecule has 0 bridgehead atoms. The Morgan fingerprint density at radius 2 is 1.95 bits per heavy atom. The van der Waals surface area contributed by atoms with Gasteiger partial charge in [0.2, 0.25) is 15.9 Å². The summed E-state index contributed by atoms with van der Waals surface area (Å²) in [4.78, 5) is 11.9. The Balaban J connectivity index is 0.00000200. The minimum absolute atomic E-state index is 0. The van der Waals surface area contributed by atoms with E-state index in [-0.39, 0.29) is 23.2 Å². The van der Waals surface area contributed by atoms with Gasteiger partial charge in [-0.3, -0.25) is 4.79 Å². The first-order valence-corrected chi connectivity index (χ1v) is 7.33. The van der Waals surface area contributed by atoms with Crippen molar-refractivity contribution < 1.29 is 13.2 Å². The molecule has 1 aromatic carbocycles. The molecular weight excluding hydrogens is 302 g/mol. The second kappa shape index (κ2) is 5.69. The summed E-state index contributed by atoms with van der Waals surface area (Å²) in [6.45, 7) is 0. The monoisotopic (exact) mass is 319 g/mol. The molecule has 0 atom stereocenters. The van der Waals surface area contributed by atoms with Gasteiger partial charge in [-0.25, -0.2) is 12.7 Å². The molecule has 0 spiro atoms. The lowest BCUT2D eigenvalue weighted by atomic mass is 10.2. The second-order valence-electron chi connectivity index (χ2n) is 4.93. The van der Waals surface area contributed by atoms with Crippen LogP contribution in [0.3, 0.4) is 0 Å². The molecule has 1 fully saturated rings. The molecule has 1 amide bonds. The summed E-state index contributed by atoms with van der Waals surface area (Å²) in [5, 5.41) is 2.65. The molecule has 0 aliphatic heterocycles. The van der Waals surface area contributed by atoms with Gasteiger partial charge in [0.25, 0.3) is 0 Å². The number of carbonyl (C=O) groups is 1. The van der Waals surface area contributed by atoms with Crippen LogP contribution in [-0.4, -0.2) is 38.3 Å². The highest BCUT2D eigenvalue weighted by atomic mass is 35.5. The summed E-state index contributed by atoms with van der Waals surface area (Å²) in [6, 6.07) is 6.14. The van der Waals surface area contributed by atoms with Crippen LogP contribution in [0.2, 0.25) is 0 Å². The van der Waals surface area contributed by atoms with E-state index in [0.717, 1.165) is 4.31 Å². The van der Waals surface area contributed by atoms with Crippen LogP contribution in [0.1, 0.15) is 12.8 Å². The average Bonchev–Trinajstić information content (AvgIpc) is 3.09. The number of sulfonamides is 1. The average molecular weight is 320 g/mol. The van der Waals surface area contributed by atoms with Crippen molar-refractivity contribution in [1.29, 1.82) is 0 Å². The first kappa shape index (κ1) is 16.9. The smallest absolute Gasteiger partial charge is 0.244 e. The van der Waals surface area contributed by atoms with Gasteiger partial charge in [0, 0.05) is 19.8 Å². The molecule has 112 valence electrons. The SMILES string of the molecule is CN(C)S(=O)(=O)c1cccc(NC(=O)C2(N)CC2)c1.Cl. The maximum Gasteiger partial charge on any atom is 0.244 e. The van der Waals surface area contributed by atoms with E-state index in [2.05, 4.69) is 5.32 Å². The molecule has 0 unspecified atom stereocenters. The number of carbonyl (C=O) groups excluding carboxylic acids is 1. The van der Waals surface area contributed by atoms with Gasteiger partial charge in [-0.1, -0.05) is 6.07 Å². The Labute approximate surface area is 124 Å². The normalized spacial score (nSPS) is 16.4. The lowest BCUT2D eigenvalue weighted by Gasteiger charge is -2.14. The summed E-state index contributed by atoms with van der Waals surface area (Å²) in [5.41, 5.74) is 5.43. The predicted octanol–water partition coefficient (Wildman–Crippen LogP) is 0.788. The quantitative estimate of drug-likeness (QED) is 0.858. The van der Waals surface area contributed by atoms with Gasteiger partial charge < -0.3 is 11.1 Å². The number of rotatable bonds is 4. The number of anilines is 1. The molecule has 8 heteroatoms. The Hall–Kier alpha value is -1.15. The molecule has 3 N–H and O–H groups in total. The third kappa shape index (κ3) is 3.29. The lowest BCUT2D eigenvalue weighted by Crippen LogP contribution is -2.37. The van der Waals surface area contributed by atoms with Crippen molar-refractivity contribution in [3.8, 4) is 0 Å². The first-order chi connectivity index (χ1) is 8.75. The molecular formula is C12H18ClN3O3S. The molecule has 0 heterocycles. The lowest BCUT2D eigenvalue weighted by molar-refractivity contribution is -0.118. The van der Waals surface area contributed by atoms with Crippen molar-refractivity contribution in [2.45, 2.75) is 23.3 Å². The van der Waals surface area contributed by atoms with E-state index in [1.165, 1.54) is 26.2 Å². The van der Waals surface area contributed by atoms with Gasteiger partial charge in [0.15, 0.2) is 0 Å². The van der Waals surface area contributed by atoms with Crippen molar-refractivity contribution in [2.75, 3.05) is 19.4 Å². The van der Waals surface area contributed by atoms with Gasteiger partial charge >= 0.3 is 0 Å². The Bertz CT molecular complexity index is 612. The number of hydrogen-bond acceptors (Lipinski definition) is 4. The van der Waals surface area contributed by atoms with E-state index in [0.29, 0.717) is 18.5 Å². The maximum atomic E-state index is 12.0. The molecule has 1 aliphatic rings. The number of nitrogens with zero attached hydrogens (tertiary/aromatic N) is 1. The fraction of sp³-hybridized carbons (Fsp3) is 0.417. The number of benzene rings is 1. The van der Waals surface area contributed by atoms with E-state index in [4.69, 9.17) is 5.73 Å². The molecule has 0 aromatic heterocycles. The van der Waals surface area contributed by atoms with Crippen molar-refractivity contribution >= 4 is 34.0 Å². The summed E-state index contributed by atoms with van der Waals surface area (Å²) in [6.07, 6.45) is 1.32. The van der Waals surface area contributed by atoms with Crippen LogP contribution < -0.4 is 11.1 Å². The van der Waals surface area contributed by atoms with Gasteiger partial charge in [-0.2, -0.15) is 0 Å². The summed E-state index contributed by atoms with van der Waals surface area (Å²) >= 11 is 0. The third-order valence-electron chi connectivity index (χ3n) is 3.11. The molecule has 2 rings (SSSR count). The van der Waals surface area contributed by atoms with Crippen molar-refractivity contribution in [3.63, 3.8) is 0 Å². The molecule has 0 radical (unpaired) electrons. The number of nitrogens with one attached hydrogen (secondary N) is 1. The Morgan fingerprint density at radius 1 is 1.35 bits per heavy atom. The summed E-state index contributed by atoms with van der Waals surface area (Å²) < 4.78 is 25.1. The van der Waals surface area contributed by atoms with Crippen molar-refractivity contribution in [2.24, 2.45) is 5.73 Å². The number of nitrogens with two attached hydrogens (primary N) is 1. The van der Waals surface area contributed by atoms with Crippen LogP contribution in [-0.2, 0) is 14.8 Å². The zero-order valence-electron chi connectivity index (χ0n) is 11.3. The highest BCUT2D eigenvalue weighted by Gasteiger charge is 2.45. The van der Waals surface area contributed by atoms with E-state index in [1.807, 2.05) is 0 Å². The van der Waals surface area contributed by atoms with Gasteiger partial charge in [-0.15, -0.1) is 12.4 Å². The largest absolute Gasteiger partial charge is 0.324 e. The Morgan fingerprint density at radius 3 is 2.45 bits per heavy atom. The molecule has 1 aromatic rings. The summed E-state index contributed by atoms with van der Waals surface area (Å²) in [7, 11) is -0.588. The van der Waals surface area contributed by atoms with Crippen molar-refractivity contribution in [1.82, 2.24) is 4.31 Å². The van der Waals surface area contributed by atoms with Gasteiger partial charge in [0.1, 0.15) is 0 Å². The second-order valence-corrected chi connectivity index (χ2v) is 7.08. The maximum absolute atomic E-state index is 12.0. The highest BCUT2D eigenvalue weighted by molar-refractivity contribution is 7.89. The molecule has 0 saturated heterocycles. The van der Waals surface area contributed by atoms with Crippen LogP contribution >= 0.6 is 12.4 Å². The van der Waals surface area contributed by atoms with Gasteiger partial charge in [0.05, 0.1) is 10.4 Å². The van der Waals surface area contributed by atoms with Crippen LogP contribution in [0, 0.1) is 0 Å². The van der Waals surface area contributed by atoms with E-state index in [9.17, 15) is 13.2 Å². The first-order valence-electron chi connectivity index (χ1n) is 5.89. The number of hydrogen-bond donors (Lipinski definition) is 2.